The van der Waals surface area contributed by atoms with Gasteiger partial charge in [-0.25, -0.2) is 4.98 Å². The summed E-state index contributed by atoms with van der Waals surface area (Å²) < 4.78 is 1.84. The first-order valence-corrected chi connectivity index (χ1v) is 7.42. The predicted octanol–water partition coefficient (Wildman–Crippen LogP) is 1.39. The number of rotatable bonds is 4. The van der Waals surface area contributed by atoms with Gasteiger partial charge in [0.2, 0.25) is 0 Å². The third-order valence-electron chi connectivity index (χ3n) is 4.03. The van der Waals surface area contributed by atoms with E-state index < -0.39 is 0 Å². The van der Waals surface area contributed by atoms with Crippen molar-refractivity contribution in [3.8, 4) is 0 Å². The van der Waals surface area contributed by atoms with Gasteiger partial charge in [0.25, 0.3) is 0 Å². The summed E-state index contributed by atoms with van der Waals surface area (Å²) in [6.45, 7) is 4.99. The molecule has 0 atom stereocenters. The molecule has 0 saturated carbocycles. The lowest BCUT2D eigenvalue weighted by Crippen LogP contribution is -2.35. The standard InChI is InChI=1S/C15H21N5O/c1-12-2-5-16-15(8-12)19-6-3-13(4-7-19)9-20-10-14(11-21)17-18-20/h2,5,8,10,13,21H,3-4,6-7,9,11H2,1H3. The van der Waals surface area contributed by atoms with E-state index in [2.05, 4.69) is 33.2 Å². The van der Waals surface area contributed by atoms with E-state index in [0.29, 0.717) is 11.6 Å². The highest BCUT2D eigenvalue weighted by molar-refractivity contribution is 5.40. The van der Waals surface area contributed by atoms with E-state index in [1.54, 1.807) is 0 Å². The van der Waals surface area contributed by atoms with Gasteiger partial charge < -0.3 is 10.0 Å². The summed E-state index contributed by atoms with van der Waals surface area (Å²) in [6.07, 6.45) is 5.96. The Morgan fingerprint density at radius 1 is 1.33 bits per heavy atom. The smallest absolute Gasteiger partial charge is 0.128 e. The van der Waals surface area contributed by atoms with Crippen LogP contribution in [0.4, 0.5) is 5.82 Å². The molecule has 3 rings (SSSR count). The van der Waals surface area contributed by atoms with Crippen molar-refractivity contribution in [2.45, 2.75) is 32.9 Å². The number of hydrogen-bond acceptors (Lipinski definition) is 5. The van der Waals surface area contributed by atoms with Crippen LogP contribution in [0, 0.1) is 12.8 Å². The van der Waals surface area contributed by atoms with Crippen LogP contribution in [0.2, 0.25) is 0 Å². The second-order valence-electron chi connectivity index (χ2n) is 5.71. The third kappa shape index (κ3) is 3.39. The van der Waals surface area contributed by atoms with Crippen LogP contribution in [-0.4, -0.2) is 38.2 Å². The maximum absolute atomic E-state index is 9.01. The van der Waals surface area contributed by atoms with Gasteiger partial charge in [-0.2, -0.15) is 0 Å². The zero-order valence-electron chi connectivity index (χ0n) is 12.3. The molecule has 0 unspecified atom stereocenters. The van der Waals surface area contributed by atoms with Gasteiger partial charge in [-0.05, 0) is 43.4 Å². The topological polar surface area (TPSA) is 67.1 Å². The van der Waals surface area contributed by atoms with Gasteiger partial charge >= 0.3 is 0 Å². The fourth-order valence-corrected chi connectivity index (χ4v) is 2.80. The Kier molecular flexibility index (Phi) is 4.15. The van der Waals surface area contributed by atoms with Crippen molar-refractivity contribution in [3.63, 3.8) is 0 Å². The van der Waals surface area contributed by atoms with Crippen LogP contribution in [0.25, 0.3) is 0 Å². The highest BCUT2D eigenvalue weighted by Crippen LogP contribution is 2.23. The predicted molar refractivity (Wildman–Crippen MR) is 79.9 cm³/mol. The molecule has 1 aliphatic rings. The van der Waals surface area contributed by atoms with Gasteiger partial charge in [0.1, 0.15) is 11.5 Å². The minimum atomic E-state index is -0.0442. The summed E-state index contributed by atoms with van der Waals surface area (Å²) in [4.78, 5) is 6.81. The molecule has 2 aromatic heterocycles. The van der Waals surface area contributed by atoms with Crippen molar-refractivity contribution < 1.29 is 5.11 Å². The number of aryl methyl sites for hydroxylation is 1. The molecule has 1 N–H and O–H groups in total. The number of nitrogens with zero attached hydrogens (tertiary/aromatic N) is 5. The zero-order chi connectivity index (χ0) is 14.7. The van der Waals surface area contributed by atoms with Crippen molar-refractivity contribution in [2.24, 2.45) is 5.92 Å². The van der Waals surface area contributed by atoms with Gasteiger partial charge in [0, 0.05) is 25.8 Å². The van der Waals surface area contributed by atoms with Crippen LogP contribution in [-0.2, 0) is 13.2 Å². The van der Waals surface area contributed by atoms with Crippen LogP contribution in [0.1, 0.15) is 24.1 Å². The van der Waals surface area contributed by atoms with Crippen LogP contribution >= 0.6 is 0 Å². The largest absolute Gasteiger partial charge is 0.390 e. The summed E-state index contributed by atoms with van der Waals surface area (Å²) in [5.74, 6) is 1.69. The number of aromatic nitrogens is 4. The Morgan fingerprint density at radius 2 is 2.14 bits per heavy atom. The molecule has 6 heteroatoms. The van der Waals surface area contributed by atoms with Gasteiger partial charge in [0.05, 0.1) is 12.8 Å². The Morgan fingerprint density at radius 3 is 2.81 bits per heavy atom. The first kappa shape index (κ1) is 14.0. The van der Waals surface area contributed by atoms with Crippen molar-refractivity contribution in [1.82, 2.24) is 20.0 Å². The average molecular weight is 287 g/mol. The molecule has 1 fully saturated rings. The molecule has 112 valence electrons. The number of anilines is 1. The summed E-state index contributed by atoms with van der Waals surface area (Å²) in [5, 5.41) is 17.0. The van der Waals surface area contributed by atoms with Gasteiger partial charge in [-0.3, -0.25) is 4.68 Å². The molecule has 21 heavy (non-hydrogen) atoms. The van der Waals surface area contributed by atoms with Crippen molar-refractivity contribution in [1.29, 1.82) is 0 Å². The highest BCUT2D eigenvalue weighted by atomic mass is 16.3. The highest BCUT2D eigenvalue weighted by Gasteiger charge is 2.21. The number of hydrogen-bond donors (Lipinski definition) is 1. The first-order chi connectivity index (χ1) is 10.2. The van der Waals surface area contributed by atoms with E-state index in [-0.39, 0.29) is 6.61 Å². The van der Waals surface area contributed by atoms with E-state index in [1.807, 2.05) is 23.1 Å². The lowest BCUT2D eigenvalue weighted by Gasteiger charge is -2.32. The minimum Gasteiger partial charge on any atom is -0.390 e. The number of piperidine rings is 1. The van der Waals surface area contributed by atoms with Gasteiger partial charge in [-0.1, -0.05) is 5.21 Å². The number of pyridine rings is 1. The number of aliphatic hydroxyl groups is 1. The molecule has 0 spiro atoms. The molecule has 2 aromatic rings. The molecule has 1 aliphatic heterocycles. The van der Waals surface area contributed by atoms with E-state index in [9.17, 15) is 0 Å². The second kappa shape index (κ2) is 6.22. The van der Waals surface area contributed by atoms with Crippen molar-refractivity contribution in [3.05, 3.63) is 35.8 Å². The normalized spacial score (nSPS) is 16.4. The molecule has 0 aromatic carbocycles. The molecule has 3 heterocycles. The molecule has 0 radical (unpaired) electrons. The number of aliphatic hydroxyl groups excluding tert-OH is 1. The van der Waals surface area contributed by atoms with E-state index in [1.165, 1.54) is 5.56 Å². The lowest BCUT2D eigenvalue weighted by molar-refractivity contribution is 0.276. The Bertz CT molecular complexity index is 589. The van der Waals surface area contributed by atoms with Crippen LogP contribution < -0.4 is 4.90 Å². The Hall–Kier alpha value is -1.95. The van der Waals surface area contributed by atoms with Crippen molar-refractivity contribution >= 4 is 5.82 Å². The molecule has 0 aliphatic carbocycles. The third-order valence-corrected chi connectivity index (χ3v) is 4.03. The van der Waals surface area contributed by atoms with E-state index in [0.717, 1.165) is 38.3 Å². The zero-order valence-corrected chi connectivity index (χ0v) is 12.3. The summed E-state index contributed by atoms with van der Waals surface area (Å²) in [7, 11) is 0. The summed E-state index contributed by atoms with van der Waals surface area (Å²) in [5.41, 5.74) is 1.89. The summed E-state index contributed by atoms with van der Waals surface area (Å²) >= 11 is 0. The minimum absolute atomic E-state index is 0.0442. The Labute approximate surface area is 124 Å². The monoisotopic (exact) mass is 287 g/mol. The van der Waals surface area contributed by atoms with Gasteiger partial charge in [-0.15, -0.1) is 5.10 Å². The SMILES string of the molecule is Cc1ccnc(N2CCC(Cn3cc(CO)nn3)CC2)c1. The maximum atomic E-state index is 9.01. The summed E-state index contributed by atoms with van der Waals surface area (Å²) in [6, 6.07) is 4.17. The van der Waals surface area contributed by atoms with Crippen molar-refractivity contribution in [2.75, 3.05) is 18.0 Å². The lowest BCUT2D eigenvalue weighted by atomic mass is 9.97. The molecule has 1 saturated heterocycles. The average Bonchev–Trinajstić information content (AvgIpc) is 2.96. The van der Waals surface area contributed by atoms with Crippen LogP contribution in [0.3, 0.4) is 0 Å². The van der Waals surface area contributed by atoms with E-state index >= 15 is 0 Å². The fraction of sp³-hybridized carbons (Fsp3) is 0.533. The first-order valence-electron chi connectivity index (χ1n) is 7.42. The molecule has 6 nitrogen and oxygen atoms in total. The Balaban J connectivity index is 1.55. The quantitative estimate of drug-likeness (QED) is 0.920. The maximum Gasteiger partial charge on any atom is 0.128 e. The molecular formula is C15H21N5O. The van der Waals surface area contributed by atoms with Crippen LogP contribution in [0.15, 0.2) is 24.5 Å². The fourth-order valence-electron chi connectivity index (χ4n) is 2.80. The molecule has 0 bridgehead atoms. The molecule has 0 amide bonds. The van der Waals surface area contributed by atoms with Gasteiger partial charge in [0.15, 0.2) is 0 Å². The second-order valence-corrected chi connectivity index (χ2v) is 5.71. The van der Waals surface area contributed by atoms with E-state index in [4.69, 9.17) is 5.11 Å². The molecular weight excluding hydrogens is 266 g/mol. The van der Waals surface area contributed by atoms with Crippen LogP contribution in [0.5, 0.6) is 0 Å².